The molecule has 2 aromatic rings. The highest BCUT2D eigenvalue weighted by molar-refractivity contribution is 5.48. The molecular weight excluding hydrogens is 219 g/mol. The maximum atomic E-state index is 13.3. The Morgan fingerprint density at radius 2 is 2.29 bits per heavy atom. The van der Waals surface area contributed by atoms with Crippen LogP contribution in [-0.2, 0) is 6.42 Å². The lowest BCUT2D eigenvalue weighted by atomic mass is 9.82. The van der Waals surface area contributed by atoms with Crippen molar-refractivity contribution in [2.75, 3.05) is 5.73 Å². The maximum Gasteiger partial charge on any atom is 0.226 e. The Bertz CT molecular complexity index is 550. The van der Waals surface area contributed by atoms with E-state index in [0.29, 0.717) is 5.88 Å². The number of aryl methyl sites for hydroxylation is 1. The Balaban J connectivity index is 2.08. The Morgan fingerprint density at radius 3 is 3.12 bits per heavy atom. The summed E-state index contributed by atoms with van der Waals surface area (Å²) in [5.41, 5.74) is 8.62. The number of nitrogens with zero attached hydrogens (tertiary/aromatic N) is 1. The van der Waals surface area contributed by atoms with Crippen LogP contribution in [0.5, 0.6) is 0 Å². The summed E-state index contributed by atoms with van der Waals surface area (Å²) in [6.45, 7) is 0. The van der Waals surface area contributed by atoms with Gasteiger partial charge in [-0.1, -0.05) is 17.3 Å². The van der Waals surface area contributed by atoms with Crippen molar-refractivity contribution in [1.29, 1.82) is 0 Å². The van der Waals surface area contributed by atoms with Crippen molar-refractivity contribution >= 4 is 5.88 Å². The topological polar surface area (TPSA) is 52.0 Å². The molecule has 17 heavy (non-hydrogen) atoms. The number of aromatic nitrogens is 1. The molecule has 3 nitrogen and oxygen atoms in total. The molecule has 1 aromatic carbocycles. The van der Waals surface area contributed by atoms with Gasteiger partial charge in [0.25, 0.3) is 0 Å². The average molecular weight is 232 g/mol. The van der Waals surface area contributed by atoms with E-state index in [2.05, 4.69) is 5.16 Å². The standard InChI is InChI=1S/C13H13FN2O/c14-9-4-1-3-8(7-9)10-5-2-6-11-12(10)13(15)17-16-11/h1,3-4,7,10H,2,5-6,15H2. The summed E-state index contributed by atoms with van der Waals surface area (Å²) in [6, 6.07) is 6.66. The zero-order valence-corrected chi connectivity index (χ0v) is 9.32. The molecule has 0 spiro atoms. The van der Waals surface area contributed by atoms with Gasteiger partial charge in [-0.15, -0.1) is 0 Å². The van der Waals surface area contributed by atoms with Crippen LogP contribution in [-0.4, -0.2) is 5.16 Å². The molecule has 0 saturated heterocycles. The van der Waals surface area contributed by atoms with Crippen molar-refractivity contribution in [3.05, 3.63) is 46.9 Å². The molecule has 1 heterocycles. The van der Waals surface area contributed by atoms with Crippen LogP contribution in [0.4, 0.5) is 10.3 Å². The normalized spacial score (nSPS) is 19.0. The van der Waals surface area contributed by atoms with E-state index in [4.69, 9.17) is 10.3 Å². The van der Waals surface area contributed by atoms with Gasteiger partial charge in [-0.05, 0) is 37.0 Å². The number of rotatable bonds is 1. The van der Waals surface area contributed by atoms with Gasteiger partial charge in [0.15, 0.2) is 0 Å². The Morgan fingerprint density at radius 1 is 1.41 bits per heavy atom. The highest BCUT2D eigenvalue weighted by atomic mass is 19.1. The predicted octanol–water partition coefficient (Wildman–Crippen LogP) is 2.86. The smallest absolute Gasteiger partial charge is 0.226 e. The molecule has 0 saturated carbocycles. The summed E-state index contributed by atoms with van der Waals surface area (Å²) in [7, 11) is 0. The van der Waals surface area contributed by atoms with Crippen molar-refractivity contribution in [3.8, 4) is 0 Å². The lowest BCUT2D eigenvalue weighted by molar-refractivity contribution is 0.427. The number of anilines is 1. The zero-order valence-electron chi connectivity index (χ0n) is 9.32. The van der Waals surface area contributed by atoms with E-state index >= 15 is 0 Å². The van der Waals surface area contributed by atoms with E-state index in [0.717, 1.165) is 36.1 Å². The molecule has 1 unspecified atom stereocenters. The number of nitrogen functional groups attached to an aromatic ring is 1. The van der Waals surface area contributed by atoms with E-state index in [1.54, 1.807) is 12.1 Å². The van der Waals surface area contributed by atoms with Gasteiger partial charge in [-0.25, -0.2) is 4.39 Å². The molecular formula is C13H13FN2O. The van der Waals surface area contributed by atoms with E-state index in [1.807, 2.05) is 6.07 Å². The van der Waals surface area contributed by atoms with E-state index < -0.39 is 0 Å². The van der Waals surface area contributed by atoms with Crippen LogP contribution in [0, 0.1) is 5.82 Å². The first-order valence-corrected chi connectivity index (χ1v) is 5.75. The van der Waals surface area contributed by atoms with Gasteiger partial charge in [0, 0.05) is 11.5 Å². The third-order valence-electron chi connectivity index (χ3n) is 3.34. The molecule has 1 aromatic heterocycles. The van der Waals surface area contributed by atoms with Gasteiger partial charge in [0.1, 0.15) is 5.82 Å². The Kier molecular flexibility index (Phi) is 2.35. The van der Waals surface area contributed by atoms with Crippen LogP contribution < -0.4 is 5.73 Å². The first-order valence-electron chi connectivity index (χ1n) is 5.75. The largest absolute Gasteiger partial charge is 0.367 e. The lowest BCUT2D eigenvalue weighted by Gasteiger charge is -2.21. The molecule has 2 N–H and O–H groups in total. The molecule has 0 bridgehead atoms. The number of hydrogen-bond acceptors (Lipinski definition) is 3. The van der Waals surface area contributed by atoms with E-state index in [-0.39, 0.29) is 11.7 Å². The van der Waals surface area contributed by atoms with Gasteiger partial charge < -0.3 is 10.3 Å². The highest BCUT2D eigenvalue weighted by Gasteiger charge is 2.28. The van der Waals surface area contributed by atoms with E-state index in [9.17, 15) is 4.39 Å². The molecule has 0 radical (unpaired) electrons. The van der Waals surface area contributed by atoms with Crippen molar-refractivity contribution in [1.82, 2.24) is 5.16 Å². The van der Waals surface area contributed by atoms with Gasteiger partial charge >= 0.3 is 0 Å². The fourth-order valence-corrected chi connectivity index (χ4v) is 2.57. The van der Waals surface area contributed by atoms with Crippen LogP contribution in [0.2, 0.25) is 0 Å². The second-order valence-corrected chi connectivity index (χ2v) is 4.41. The SMILES string of the molecule is Nc1onc2c1C(c1cccc(F)c1)CCC2. The lowest BCUT2D eigenvalue weighted by Crippen LogP contribution is -2.11. The Hall–Kier alpha value is -1.84. The molecule has 0 aliphatic heterocycles. The first kappa shape index (κ1) is 10.3. The monoisotopic (exact) mass is 232 g/mol. The number of nitrogens with two attached hydrogens (primary N) is 1. The van der Waals surface area contributed by atoms with Crippen molar-refractivity contribution in [2.24, 2.45) is 0 Å². The Labute approximate surface area is 98.4 Å². The van der Waals surface area contributed by atoms with Gasteiger partial charge in [0.05, 0.1) is 5.69 Å². The fraction of sp³-hybridized carbons (Fsp3) is 0.308. The molecule has 3 rings (SSSR count). The molecule has 0 amide bonds. The third-order valence-corrected chi connectivity index (χ3v) is 3.34. The van der Waals surface area contributed by atoms with Crippen LogP contribution in [0.3, 0.4) is 0 Å². The van der Waals surface area contributed by atoms with Gasteiger partial charge in [-0.3, -0.25) is 0 Å². The summed E-state index contributed by atoms with van der Waals surface area (Å²) in [4.78, 5) is 0. The molecule has 4 heteroatoms. The second kappa shape index (κ2) is 3.87. The number of halogens is 1. The van der Waals surface area contributed by atoms with Gasteiger partial charge in [0.2, 0.25) is 5.88 Å². The number of fused-ring (bicyclic) bond motifs is 1. The summed E-state index contributed by atoms with van der Waals surface area (Å²) in [6.07, 6.45) is 2.88. The van der Waals surface area contributed by atoms with Crippen molar-refractivity contribution < 1.29 is 8.91 Å². The van der Waals surface area contributed by atoms with E-state index in [1.165, 1.54) is 6.07 Å². The third kappa shape index (κ3) is 1.69. The van der Waals surface area contributed by atoms with Crippen molar-refractivity contribution in [3.63, 3.8) is 0 Å². The van der Waals surface area contributed by atoms with Crippen molar-refractivity contribution in [2.45, 2.75) is 25.2 Å². The first-order chi connectivity index (χ1) is 8.25. The number of benzene rings is 1. The maximum absolute atomic E-state index is 13.3. The minimum absolute atomic E-state index is 0.112. The number of hydrogen-bond donors (Lipinski definition) is 1. The highest BCUT2D eigenvalue weighted by Crippen LogP contribution is 2.39. The molecule has 1 aliphatic carbocycles. The quantitative estimate of drug-likeness (QED) is 0.822. The second-order valence-electron chi connectivity index (χ2n) is 4.41. The fourth-order valence-electron chi connectivity index (χ4n) is 2.57. The zero-order chi connectivity index (χ0) is 11.8. The summed E-state index contributed by atoms with van der Waals surface area (Å²) in [5, 5.41) is 3.96. The molecule has 0 fully saturated rings. The van der Waals surface area contributed by atoms with Gasteiger partial charge in [-0.2, -0.15) is 0 Å². The predicted molar refractivity (Wildman–Crippen MR) is 62.1 cm³/mol. The average Bonchev–Trinajstić information content (AvgIpc) is 2.71. The minimum Gasteiger partial charge on any atom is -0.367 e. The minimum atomic E-state index is -0.218. The van der Waals surface area contributed by atoms with Crippen LogP contribution >= 0.6 is 0 Å². The molecule has 1 aliphatic rings. The summed E-state index contributed by atoms with van der Waals surface area (Å²) in [5.74, 6) is 0.263. The molecule has 1 atom stereocenters. The summed E-state index contributed by atoms with van der Waals surface area (Å²) >= 11 is 0. The molecule has 88 valence electrons. The van der Waals surface area contributed by atoms with Crippen LogP contribution in [0.15, 0.2) is 28.8 Å². The van der Waals surface area contributed by atoms with Crippen LogP contribution in [0.1, 0.15) is 35.6 Å². The van der Waals surface area contributed by atoms with Crippen LogP contribution in [0.25, 0.3) is 0 Å². The summed E-state index contributed by atoms with van der Waals surface area (Å²) < 4.78 is 18.3.